The maximum Gasteiger partial charge on any atom is 0.120 e. The van der Waals surface area contributed by atoms with Gasteiger partial charge in [0.2, 0.25) is 0 Å². The van der Waals surface area contributed by atoms with Gasteiger partial charge in [0.05, 0.1) is 5.84 Å². The fourth-order valence-corrected chi connectivity index (χ4v) is 1.93. The molecule has 0 saturated heterocycles. The number of benzene rings is 1. The zero-order chi connectivity index (χ0) is 13.4. The molecule has 0 aliphatic rings. The van der Waals surface area contributed by atoms with Gasteiger partial charge in [-0.15, -0.1) is 0 Å². The van der Waals surface area contributed by atoms with Crippen molar-refractivity contribution in [1.29, 1.82) is 5.41 Å². The molecule has 100 valence electrons. The second kappa shape index (κ2) is 8.11. The van der Waals surface area contributed by atoms with E-state index >= 15 is 0 Å². The van der Waals surface area contributed by atoms with Gasteiger partial charge in [0.15, 0.2) is 0 Å². The average Bonchev–Trinajstić information content (AvgIpc) is 2.33. The molecule has 0 amide bonds. The Bertz CT molecular complexity index is 384. The van der Waals surface area contributed by atoms with Crippen molar-refractivity contribution in [3.8, 4) is 5.75 Å². The standard InChI is InChI=1S/C13H20BrN3O/c1-2-17(7-6-13(15)16)8-9-18-12-5-3-4-11(14)10-12/h3-5,10H,2,6-9H2,1H3,(H3,15,16). The third-order valence-electron chi connectivity index (χ3n) is 2.62. The molecule has 1 rings (SSSR count). The summed E-state index contributed by atoms with van der Waals surface area (Å²) in [4.78, 5) is 2.22. The van der Waals surface area contributed by atoms with Gasteiger partial charge < -0.3 is 10.5 Å². The number of nitrogens with two attached hydrogens (primary N) is 1. The molecule has 0 aliphatic carbocycles. The largest absolute Gasteiger partial charge is 0.492 e. The van der Waals surface area contributed by atoms with Crippen molar-refractivity contribution in [2.24, 2.45) is 5.73 Å². The Morgan fingerprint density at radius 1 is 1.44 bits per heavy atom. The second-order valence-electron chi connectivity index (χ2n) is 4.02. The summed E-state index contributed by atoms with van der Waals surface area (Å²) in [6.07, 6.45) is 0.616. The van der Waals surface area contributed by atoms with Crippen molar-refractivity contribution in [3.05, 3.63) is 28.7 Å². The Morgan fingerprint density at radius 2 is 2.22 bits per heavy atom. The predicted octanol–water partition coefficient (Wildman–Crippen LogP) is 2.48. The third-order valence-corrected chi connectivity index (χ3v) is 3.11. The average molecular weight is 314 g/mol. The van der Waals surface area contributed by atoms with E-state index in [1.807, 2.05) is 24.3 Å². The summed E-state index contributed by atoms with van der Waals surface area (Å²) >= 11 is 3.41. The van der Waals surface area contributed by atoms with Crippen LogP contribution >= 0.6 is 15.9 Å². The number of hydrogen-bond acceptors (Lipinski definition) is 3. The number of ether oxygens (including phenoxy) is 1. The summed E-state index contributed by atoms with van der Waals surface area (Å²) in [7, 11) is 0. The summed E-state index contributed by atoms with van der Waals surface area (Å²) in [6.45, 7) is 5.33. The van der Waals surface area contributed by atoms with Gasteiger partial charge in [-0.2, -0.15) is 0 Å². The van der Waals surface area contributed by atoms with Gasteiger partial charge >= 0.3 is 0 Å². The molecule has 1 aromatic carbocycles. The van der Waals surface area contributed by atoms with Crippen molar-refractivity contribution in [2.45, 2.75) is 13.3 Å². The van der Waals surface area contributed by atoms with E-state index in [0.717, 1.165) is 29.9 Å². The summed E-state index contributed by atoms with van der Waals surface area (Å²) in [5, 5.41) is 7.21. The molecular formula is C13H20BrN3O. The quantitative estimate of drug-likeness (QED) is 0.572. The highest BCUT2D eigenvalue weighted by Crippen LogP contribution is 2.17. The van der Waals surface area contributed by atoms with Crippen LogP contribution in [0.1, 0.15) is 13.3 Å². The van der Waals surface area contributed by atoms with E-state index in [1.165, 1.54) is 0 Å². The van der Waals surface area contributed by atoms with Crippen LogP contribution in [-0.4, -0.2) is 37.0 Å². The summed E-state index contributed by atoms with van der Waals surface area (Å²) < 4.78 is 6.69. The smallest absolute Gasteiger partial charge is 0.120 e. The number of nitrogens with zero attached hydrogens (tertiary/aromatic N) is 1. The van der Waals surface area contributed by atoms with Crippen molar-refractivity contribution in [3.63, 3.8) is 0 Å². The zero-order valence-corrected chi connectivity index (χ0v) is 12.2. The zero-order valence-electron chi connectivity index (χ0n) is 10.7. The fourth-order valence-electron chi connectivity index (χ4n) is 1.56. The summed E-state index contributed by atoms with van der Waals surface area (Å²) in [5.74, 6) is 1.10. The molecular weight excluding hydrogens is 294 g/mol. The molecule has 0 atom stereocenters. The lowest BCUT2D eigenvalue weighted by Crippen LogP contribution is -2.31. The van der Waals surface area contributed by atoms with Crippen molar-refractivity contribution >= 4 is 21.8 Å². The van der Waals surface area contributed by atoms with E-state index < -0.39 is 0 Å². The van der Waals surface area contributed by atoms with Gasteiger partial charge in [0.1, 0.15) is 12.4 Å². The van der Waals surface area contributed by atoms with E-state index in [0.29, 0.717) is 13.0 Å². The molecule has 1 aromatic rings. The number of halogens is 1. The highest BCUT2D eigenvalue weighted by Gasteiger charge is 2.03. The summed E-state index contributed by atoms with van der Waals surface area (Å²) in [5.41, 5.74) is 5.35. The van der Waals surface area contributed by atoms with Crippen molar-refractivity contribution < 1.29 is 4.74 Å². The van der Waals surface area contributed by atoms with Gasteiger partial charge in [-0.1, -0.05) is 28.9 Å². The Hall–Kier alpha value is -1.07. The lowest BCUT2D eigenvalue weighted by Gasteiger charge is -2.20. The molecule has 0 bridgehead atoms. The van der Waals surface area contributed by atoms with Crippen LogP contribution < -0.4 is 10.5 Å². The molecule has 0 fully saturated rings. The SMILES string of the molecule is CCN(CCOc1cccc(Br)c1)CCC(=N)N. The minimum atomic E-state index is 0.237. The Labute approximate surface area is 117 Å². The maximum absolute atomic E-state index is 7.21. The van der Waals surface area contributed by atoms with Crippen LogP contribution in [0, 0.1) is 5.41 Å². The monoisotopic (exact) mass is 313 g/mol. The molecule has 0 radical (unpaired) electrons. The number of likely N-dealkylation sites (N-methyl/N-ethyl adjacent to an activating group) is 1. The first-order valence-corrected chi connectivity index (χ1v) is 6.84. The molecule has 0 heterocycles. The van der Waals surface area contributed by atoms with Crippen LogP contribution in [0.3, 0.4) is 0 Å². The number of hydrogen-bond donors (Lipinski definition) is 2. The molecule has 0 unspecified atom stereocenters. The first-order valence-electron chi connectivity index (χ1n) is 6.05. The molecule has 0 aromatic heterocycles. The number of rotatable bonds is 8. The number of nitrogens with one attached hydrogen (secondary N) is 1. The van der Waals surface area contributed by atoms with E-state index in [9.17, 15) is 0 Å². The molecule has 4 nitrogen and oxygen atoms in total. The lowest BCUT2D eigenvalue weighted by atomic mass is 10.3. The molecule has 3 N–H and O–H groups in total. The Balaban J connectivity index is 2.28. The Kier molecular flexibility index (Phi) is 6.75. The highest BCUT2D eigenvalue weighted by atomic mass is 79.9. The number of amidine groups is 1. The van der Waals surface area contributed by atoms with Gasteiger partial charge in [0, 0.05) is 24.0 Å². The van der Waals surface area contributed by atoms with Gasteiger partial charge in [0.25, 0.3) is 0 Å². The molecule has 0 aliphatic heterocycles. The maximum atomic E-state index is 7.21. The van der Waals surface area contributed by atoms with E-state index in [1.54, 1.807) is 0 Å². The highest BCUT2D eigenvalue weighted by molar-refractivity contribution is 9.10. The molecule has 18 heavy (non-hydrogen) atoms. The third kappa shape index (κ3) is 6.02. The normalized spacial score (nSPS) is 10.6. The second-order valence-corrected chi connectivity index (χ2v) is 4.93. The van der Waals surface area contributed by atoms with Crippen LogP contribution in [0.4, 0.5) is 0 Å². The predicted molar refractivity (Wildman–Crippen MR) is 78.3 cm³/mol. The van der Waals surface area contributed by atoms with Crippen LogP contribution in [0.15, 0.2) is 28.7 Å². The van der Waals surface area contributed by atoms with Gasteiger partial charge in [-0.05, 0) is 24.7 Å². The molecule has 0 saturated carbocycles. The molecule has 5 heteroatoms. The van der Waals surface area contributed by atoms with E-state index in [-0.39, 0.29) is 5.84 Å². The van der Waals surface area contributed by atoms with Gasteiger partial charge in [-0.3, -0.25) is 10.3 Å². The van der Waals surface area contributed by atoms with Crippen molar-refractivity contribution in [2.75, 3.05) is 26.2 Å². The first kappa shape index (κ1) is 15.0. The molecule has 0 spiro atoms. The van der Waals surface area contributed by atoms with Crippen LogP contribution in [0.5, 0.6) is 5.75 Å². The first-order chi connectivity index (χ1) is 8.61. The van der Waals surface area contributed by atoms with Gasteiger partial charge in [-0.25, -0.2) is 0 Å². The lowest BCUT2D eigenvalue weighted by molar-refractivity contribution is 0.219. The van der Waals surface area contributed by atoms with Crippen LogP contribution in [0.25, 0.3) is 0 Å². The van der Waals surface area contributed by atoms with E-state index in [2.05, 4.69) is 27.8 Å². The van der Waals surface area contributed by atoms with E-state index in [4.69, 9.17) is 15.9 Å². The Morgan fingerprint density at radius 3 is 2.83 bits per heavy atom. The summed E-state index contributed by atoms with van der Waals surface area (Å²) in [6, 6.07) is 7.81. The topological polar surface area (TPSA) is 62.3 Å². The minimum Gasteiger partial charge on any atom is -0.492 e. The van der Waals surface area contributed by atoms with Crippen molar-refractivity contribution in [1.82, 2.24) is 4.90 Å². The fraction of sp³-hybridized carbons (Fsp3) is 0.462. The van der Waals surface area contributed by atoms with Crippen LogP contribution in [-0.2, 0) is 0 Å². The van der Waals surface area contributed by atoms with Crippen LogP contribution in [0.2, 0.25) is 0 Å². The minimum absolute atomic E-state index is 0.237.